The Bertz CT molecular complexity index is 876. The number of H-pyrrole nitrogens is 1. The van der Waals surface area contributed by atoms with Gasteiger partial charge in [-0.1, -0.05) is 36.4 Å². The maximum absolute atomic E-state index is 12.4. The summed E-state index contributed by atoms with van der Waals surface area (Å²) in [5.74, 6) is 2.34. The molecule has 28 heavy (non-hydrogen) atoms. The summed E-state index contributed by atoms with van der Waals surface area (Å²) >= 11 is 0. The summed E-state index contributed by atoms with van der Waals surface area (Å²) in [6, 6.07) is 11.9. The highest BCUT2D eigenvalue weighted by Crippen LogP contribution is 2.60. The molecule has 4 bridgehead atoms. The van der Waals surface area contributed by atoms with Gasteiger partial charge in [0, 0.05) is 17.3 Å². The van der Waals surface area contributed by atoms with Gasteiger partial charge in [-0.2, -0.15) is 10.2 Å². The van der Waals surface area contributed by atoms with E-state index in [4.69, 9.17) is 0 Å². The van der Waals surface area contributed by atoms with Crippen LogP contribution < -0.4 is 5.43 Å². The first-order chi connectivity index (χ1) is 13.7. The summed E-state index contributed by atoms with van der Waals surface area (Å²) in [4.78, 5) is 12.4. The predicted octanol–water partition coefficient (Wildman–Crippen LogP) is 4.31. The van der Waals surface area contributed by atoms with Gasteiger partial charge >= 0.3 is 0 Å². The Balaban J connectivity index is 1.22. The van der Waals surface area contributed by atoms with Gasteiger partial charge in [-0.25, -0.2) is 5.43 Å². The molecule has 0 aliphatic heterocycles. The smallest absolute Gasteiger partial charge is 0.281 e. The molecule has 1 aromatic heterocycles. The lowest BCUT2D eigenvalue weighted by atomic mass is 9.49. The Hall–Kier alpha value is -2.69. The minimum atomic E-state index is -0.267. The molecular formula is C23H26N4O. The number of hydrogen-bond acceptors (Lipinski definition) is 3. The molecule has 0 spiro atoms. The average Bonchev–Trinajstić information content (AvgIpc) is 3.19. The number of rotatable bonds is 5. The van der Waals surface area contributed by atoms with Crippen molar-refractivity contribution in [2.45, 2.75) is 43.9 Å². The molecule has 1 heterocycles. The van der Waals surface area contributed by atoms with Crippen molar-refractivity contribution >= 4 is 18.2 Å². The van der Waals surface area contributed by atoms with Crippen molar-refractivity contribution in [2.75, 3.05) is 0 Å². The molecule has 0 atom stereocenters. The predicted molar refractivity (Wildman–Crippen MR) is 110 cm³/mol. The van der Waals surface area contributed by atoms with E-state index in [0.717, 1.165) is 29.0 Å². The van der Waals surface area contributed by atoms with Gasteiger partial charge in [0.15, 0.2) is 5.69 Å². The molecule has 6 rings (SSSR count). The standard InChI is InChI=1S/C23H26N4O/c28-22(27-24-8-4-7-16-5-2-1-3-6-16)20-12-21(26-25-20)23-13-17-9-18(14-23)11-19(10-17)15-23/h1-8,12,17-19H,9-11,13-15H2,(H,25,26)(H,27,28)/b7-4-,24-8-. The molecule has 144 valence electrons. The number of carbonyl (C=O) groups excluding carboxylic acids is 1. The SMILES string of the molecule is O=C(N/N=C\C=C/c1ccccc1)c1cc(C23CC4CC(CC(C4)C2)C3)[nH]n1. The van der Waals surface area contributed by atoms with Crippen LogP contribution in [0.2, 0.25) is 0 Å². The number of nitrogens with one attached hydrogen (secondary N) is 2. The van der Waals surface area contributed by atoms with E-state index in [1.165, 1.54) is 38.5 Å². The zero-order chi connectivity index (χ0) is 19.0. The van der Waals surface area contributed by atoms with Gasteiger partial charge in [-0.05, 0) is 74.0 Å². The Kier molecular flexibility index (Phi) is 4.38. The van der Waals surface area contributed by atoms with Crippen LogP contribution in [0.15, 0.2) is 47.6 Å². The van der Waals surface area contributed by atoms with Gasteiger partial charge in [-0.15, -0.1) is 0 Å². The van der Waals surface area contributed by atoms with Crippen molar-refractivity contribution in [3.05, 3.63) is 59.4 Å². The van der Waals surface area contributed by atoms with Crippen LogP contribution >= 0.6 is 0 Å². The van der Waals surface area contributed by atoms with Crippen molar-refractivity contribution < 1.29 is 4.79 Å². The number of aromatic amines is 1. The molecule has 0 unspecified atom stereocenters. The summed E-state index contributed by atoms with van der Waals surface area (Å²) < 4.78 is 0. The number of allylic oxidation sites excluding steroid dienone is 1. The second-order valence-corrected chi connectivity index (χ2v) is 8.85. The van der Waals surface area contributed by atoms with Crippen molar-refractivity contribution in [1.29, 1.82) is 0 Å². The van der Waals surface area contributed by atoms with Gasteiger partial charge in [0.05, 0.1) is 0 Å². The van der Waals surface area contributed by atoms with Crippen LogP contribution in [0.3, 0.4) is 0 Å². The first-order valence-electron chi connectivity index (χ1n) is 10.3. The molecule has 0 radical (unpaired) electrons. The molecule has 1 amide bonds. The fourth-order valence-electron chi connectivity index (χ4n) is 6.06. The summed E-state index contributed by atoms with van der Waals surface area (Å²) in [5.41, 5.74) is 5.47. The Morgan fingerprint density at radius 2 is 1.79 bits per heavy atom. The normalized spacial score (nSPS) is 31.1. The van der Waals surface area contributed by atoms with E-state index in [-0.39, 0.29) is 11.3 Å². The van der Waals surface area contributed by atoms with Gasteiger partial charge in [-0.3, -0.25) is 9.89 Å². The summed E-state index contributed by atoms with van der Waals surface area (Å²) in [5, 5.41) is 11.5. The second kappa shape index (κ2) is 7.04. The molecule has 4 fully saturated rings. The third-order valence-electron chi connectivity index (χ3n) is 6.84. The zero-order valence-electron chi connectivity index (χ0n) is 16.0. The number of hydrazone groups is 1. The van der Waals surface area contributed by atoms with Crippen LogP contribution in [0.25, 0.3) is 6.08 Å². The highest BCUT2D eigenvalue weighted by atomic mass is 16.2. The van der Waals surface area contributed by atoms with E-state index in [1.54, 1.807) is 12.3 Å². The van der Waals surface area contributed by atoms with E-state index in [9.17, 15) is 4.79 Å². The average molecular weight is 374 g/mol. The first kappa shape index (κ1) is 17.4. The van der Waals surface area contributed by atoms with E-state index in [2.05, 4.69) is 20.7 Å². The number of nitrogens with zero attached hydrogens (tertiary/aromatic N) is 2. The molecule has 2 N–H and O–H groups in total. The maximum atomic E-state index is 12.4. The van der Waals surface area contributed by atoms with Gasteiger partial charge < -0.3 is 0 Å². The fraction of sp³-hybridized carbons (Fsp3) is 0.435. The van der Waals surface area contributed by atoms with E-state index >= 15 is 0 Å². The molecule has 1 aromatic carbocycles. The molecule has 4 aliphatic rings. The summed E-state index contributed by atoms with van der Waals surface area (Å²) in [6.45, 7) is 0. The van der Waals surface area contributed by atoms with Crippen LogP contribution in [0.4, 0.5) is 0 Å². The molecule has 2 aromatic rings. The van der Waals surface area contributed by atoms with Gasteiger partial charge in [0.1, 0.15) is 0 Å². The lowest BCUT2D eigenvalue weighted by Gasteiger charge is -2.56. The third kappa shape index (κ3) is 3.30. The Morgan fingerprint density at radius 1 is 1.11 bits per heavy atom. The minimum absolute atomic E-state index is 0.224. The van der Waals surface area contributed by atoms with Gasteiger partial charge in [0.25, 0.3) is 5.91 Å². The maximum Gasteiger partial charge on any atom is 0.291 e. The fourth-order valence-corrected chi connectivity index (χ4v) is 6.06. The van der Waals surface area contributed by atoms with Crippen LogP contribution in [0.1, 0.15) is 60.3 Å². The molecule has 5 heteroatoms. The Morgan fingerprint density at radius 3 is 2.46 bits per heavy atom. The third-order valence-corrected chi connectivity index (χ3v) is 6.84. The monoisotopic (exact) mass is 374 g/mol. The number of amides is 1. The van der Waals surface area contributed by atoms with Crippen molar-refractivity contribution in [3.63, 3.8) is 0 Å². The Labute approximate surface area is 165 Å². The molecular weight excluding hydrogens is 348 g/mol. The number of aromatic nitrogens is 2. The number of carbonyl (C=O) groups is 1. The lowest BCUT2D eigenvalue weighted by Crippen LogP contribution is -2.48. The van der Waals surface area contributed by atoms with Crippen LogP contribution in [-0.4, -0.2) is 22.3 Å². The lowest BCUT2D eigenvalue weighted by molar-refractivity contribution is -0.00721. The van der Waals surface area contributed by atoms with Crippen LogP contribution in [0.5, 0.6) is 0 Å². The quantitative estimate of drug-likeness (QED) is 0.605. The number of hydrogen-bond donors (Lipinski definition) is 2. The van der Waals surface area contributed by atoms with Gasteiger partial charge in [0.2, 0.25) is 0 Å². The van der Waals surface area contributed by atoms with E-state index < -0.39 is 0 Å². The van der Waals surface area contributed by atoms with Crippen molar-refractivity contribution in [2.24, 2.45) is 22.9 Å². The molecule has 4 saturated carbocycles. The first-order valence-corrected chi connectivity index (χ1v) is 10.3. The number of benzene rings is 1. The molecule has 4 aliphatic carbocycles. The largest absolute Gasteiger partial charge is 0.291 e. The van der Waals surface area contributed by atoms with Crippen LogP contribution in [0, 0.1) is 17.8 Å². The van der Waals surface area contributed by atoms with Crippen LogP contribution in [-0.2, 0) is 5.41 Å². The van der Waals surface area contributed by atoms with E-state index in [1.807, 2.05) is 42.5 Å². The van der Waals surface area contributed by atoms with Crippen molar-refractivity contribution in [3.8, 4) is 0 Å². The highest BCUT2D eigenvalue weighted by Gasteiger charge is 2.52. The summed E-state index contributed by atoms with van der Waals surface area (Å²) in [7, 11) is 0. The second-order valence-electron chi connectivity index (χ2n) is 8.85. The zero-order valence-corrected chi connectivity index (χ0v) is 16.0. The minimum Gasteiger partial charge on any atom is -0.281 e. The summed E-state index contributed by atoms with van der Waals surface area (Å²) in [6.07, 6.45) is 13.3. The van der Waals surface area contributed by atoms with E-state index in [0.29, 0.717) is 5.69 Å². The molecule has 5 nitrogen and oxygen atoms in total. The van der Waals surface area contributed by atoms with Crippen molar-refractivity contribution in [1.82, 2.24) is 15.6 Å². The topological polar surface area (TPSA) is 70.1 Å². The molecule has 0 saturated heterocycles. The highest BCUT2D eigenvalue weighted by molar-refractivity contribution is 5.93.